The third kappa shape index (κ3) is 4.38. The van der Waals surface area contributed by atoms with Crippen molar-refractivity contribution in [1.29, 1.82) is 0 Å². The Morgan fingerprint density at radius 2 is 2.10 bits per heavy atom. The Morgan fingerprint density at radius 1 is 1.38 bits per heavy atom. The molecule has 21 heavy (non-hydrogen) atoms. The molecule has 0 radical (unpaired) electrons. The molecule has 1 heterocycles. The Bertz CT molecular complexity index is 513. The summed E-state index contributed by atoms with van der Waals surface area (Å²) in [7, 11) is 0. The second-order valence-electron chi connectivity index (χ2n) is 5.30. The maximum Gasteiger partial charge on any atom is 0.407 e. The lowest BCUT2D eigenvalue weighted by Crippen LogP contribution is -2.47. The van der Waals surface area contributed by atoms with Crippen LogP contribution in [0, 0.1) is 5.92 Å². The minimum atomic E-state index is -0.669. The zero-order valence-corrected chi connectivity index (χ0v) is 13.2. The van der Waals surface area contributed by atoms with Crippen LogP contribution >= 0.6 is 11.3 Å². The van der Waals surface area contributed by atoms with Gasteiger partial charge in [-0.25, -0.2) is 4.79 Å². The number of aromatic nitrogens is 2. The van der Waals surface area contributed by atoms with Crippen LogP contribution in [0.1, 0.15) is 44.5 Å². The molecular weight excluding hydrogens is 292 g/mol. The minimum Gasteiger partial charge on any atom is -0.450 e. The van der Waals surface area contributed by atoms with Crippen LogP contribution in [0.5, 0.6) is 0 Å². The fourth-order valence-corrected chi connectivity index (χ4v) is 2.71. The highest BCUT2D eigenvalue weighted by Gasteiger charge is 2.29. The average molecular weight is 312 g/mol. The van der Waals surface area contributed by atoms with Crippen molar-refractivity contribution in [3.63, 3.8) is 0 Å². The van der Waals surface area contributed by atoms with Crippen LogP contribution in [0.25, 0.3) is 0 Å². The Balaban J connectivity index is 1.95. The van der Waals surface area contributed by atoms with Crippen molar-refractivity contribution in [3.05, 3.63) is 5.01 Å². The maximum absolute atomic E-state index is 12.2. The smallest absolute Gasteiger partial charge is 0.407 e. The van der Waals surface area contributed by atoms with E-state index >= 15 is 0 Å². The minimum absolute atomic E-state index is 0.0646. The quantitative estimate of drug-likeness (QED) is 0.839. The van der Waals surface area contributed by atoms with Gasteiger partial charge in [-0.3, -0.25) is 10.1 Å². The molecule has 0 saturated heterocycles. The number of hydrogen-bond donors (Lipinski definition) is 2. The summed E-state index contributed by atoms with van der Waals surface area (Å²) >= 11 is 1.39. The van der Waals surface area contributed by atoms with E-state index in [0.717, 1.165) is 17.8 Å². The second-order valence-corrected chi connectivity index (χ2v) is 6.30. The van der Waals surface area contributed by atoms with Gasteiger partial charge in [0, 0.05) is 5.92 Å². The maximum atomic E-state index is 12.2. The molecule has 1 aliphatic rings. The van der Waals surface area contributed by atoms with E-state index in [4.69, 9.17) is 4.74 Å². The van der Waals surface area contributed by atoms with Crippen LogP contribution in [0.3, 0.4) is 0 Å². The number of alkyl carbamates (subject to hydrolysis) is 1. The Morgan fingerprint density at radius 3 is 2.67 bits per heavy atom. The van der Waals surface area contributed by atoms with E-state index in [1.54, 1.807) is 6.92 Å². The molecular formula is C13H20N4O3S. The highest BCUT2D eigenvalue weighted by atomic mass is 32.1. The monoisotopic (exact) mass is 312 g/mol. The van der Waals surface area contributed by atoms with Crippen molar-refractivity contribution in [3.8, 4) is 0 Å². The first-order valence-electron chi connectivity index (χ1n) is 7.08. The lowest BCUT2D eigenvalue weighted by molar-refractivity contribution is -0.119. The SMILES string of the molecule is CCOC(=O)NC(C(=O)Nc1nnc(C2CC2)s1)C(C)C. The normalized spacial score (nSPS) is 15.6. The van der Waals surface area contributed by atoms with Gasteiger partial charge in [-0.1, -0.05) is 25.2 Å². The van der Waals surface area contributed by atoms with Gasteiger partial charge in [0.05, 0.1) is 6.61 Å². The van der Waals surface area contributed by atoms with Gasteiger partial charge in [-0.05, 0) is 25.7 Å². The molecule has 1 aliphatic carbocycles. The molecule has 116 valence electrons. The molecule has 8 heteroatoms. The summed E-state index contributed by atoms with van der Waals surface area (Å²) in [5.41, 5.74) is 0. The zero-order chi connectivity index (χ0) is 15.4. The van der Waals surface area contributed by atoms with Crippen LogP contribution in [0.4, 0.5) is 9.93 Å². The largest absolute Gasteiger partial charge is 0.450 e. The highest BCUT2D eigenvalue weighted by Crippen LogP contribution is 2.42. The summed E-state index contributed by atoms with van der Waals surface area (Å²) in [4.78, 5) is 23.7. The van der Waals surface area contributed by atoms with Crippen LogP contribution < -0.4 is 10.6 Å². The number of rotatable bonds is 6. The molecule has 1 aromatic rings. The first-order chi connectivity index (χ1) is 10.0. The van der Waals surface area contributed by atoms with Crippen molar-refractivity contribution in [2.45, 2.75) is 45.6 Å². The Kier molecular flexibility index (Phi) is 5.11. The molecule has 0 aliphatic heterocycles. The van der Waals surface area contributed by atoms with E-state index < -0.39 is 12.1 Å². The van der Waals surface area contributed by atoms with E-state index in [-0.39, 0.29) is 18.4 Å². The Hall–Kier alpha value is -1.70. The summed E-state index contributed by atoms with van der Waals surface area (Å²) in [6, 6.07) is -0.669. The summed E-state index contributed by atoms with van der Waals surface area (Å²) in [6.45, 7) is 5.68. The van der Waals surface area contributed by atoms with E-state index in [2.05, 4.69) is 20.8 Å². The van der Waals surface area contributed by atoms with Crippen molar-refractivity contribution in [1.82, 2.24) is 15.5 Å². The van der Waals surface area contributed by atoms with Gasteiger partial charge in [0.15, 0.2) is 0 Å². The molecule has 0 bridgehead atoms. The molecule has 1 atom stereocenters. The van der Waals surface area contributed by atoms with Gasteiger partial charge >= 0.3 is 6.09 Å². The predicted molar refractivity (Wildman–Crippen MR) is 79.3 cm³/mol. The fourth-order valence-electron chi connectivity index (χ4n) is 1.80. The molecule has 0 spiro atoms. The van der Waals surface area contributed by atoms with Gasteiger partial charge in [-0.15, -0.1) is 10.2 Å². The highest BCUT2D eigenvalue weighted by molar-refractivity contribution is 7.15. The third-order valence-corrected chi connectivity index (χ3v) is 4.10. The fraction of sp³-hybridized carbons (Fsp3) is 0.692. The van der Waals surface area contributed by atoms with Gasteiger partial charge in [-0.2, -0.15) is 0 Å². The van der Waals surface area contributed by atoms with Gasteiger partial charge in [0.1, 0.15) is 11.0 Å². The number of anilines is 1. The molecule has 1 saturated carbocycles. The van der Waals surface area contributed by atoms with Crippen LogP contribution in [-0.2, 0) is 9.53 Å². The number of amides is 2. The van der Waals surface area contributed by atoms with Crippen molar-refractivity contribution in [2.75, 3.05) is 11.9 Å². The van der Waals surface area contributed by atoms with E-state index in [9.17, 15) is 9.59 Å². The number of carbonyl (C=O) groups is 2. The topological polar surface area (TPSA) is 93.2 Å². The van der Waals surface area contributed by atoms with Crippen LogP contribution in [0.15, 0.2) is 0 Å². The van der Waals surface area contributed by atoms with Crippen molar-refractivity contribution < 1.29 is 14.3 Å². The first kappa shape index (κ1) is 15.7. The van der Waals surface area contributed by atoms with E-state index in [1.165, 1.54) is 11.3 Å². The molecule has 1 unspecified atom stereocenters. The molecule has 2 amide bonds. The van der Waals surface area contributed by atoms with E-state index in [1.807, 2.05) is 13.8 Å². The van der Waals surface area contributed by atoms with Gasteiger partial charge < -0.3 is 10.1 Å². The number of nitrogens with one attached hydrogen (secondary N) is 2. The molecule has 7 nitrogen and oxygen atoms in total. The number of hydrogen-bond acceptors (Lipinski definition) is 6. The van der Waals surface area contributed by atoms with Gasteiger partial charge in [0.25, 0.3) is 0 Å². The third-order valence-electron chi connectivity index (χ3n) is 3.10. The van der Waals surface area contributed by atoms with Crippen LogP contribution in [-0.4, -0.2) is 34.8 Å². The lowest BCUT2D eigenvalue weighted by atomic mass is 10.0. The summed E-state index contributed by atoms with van der Waals surface area (Å²) in [5.74, 6) is 0.133. The second kappa shape index (κ2) is 6.84. The standard InChI is InChI=1S/C13H20N4O3S/c1-4-20-13(19)14-9(7(2)3)10(18)15-12-17-16-11(21-12)8-5-6-8/h7-9H,4-6H2,1-3H3,(H,14,19)(H,15,17,18). The van der Waals surface area contributed by atoms with Crippen molar-refractivity contribution >= 4 is 28.5 Å². The number of carbonyl (C=O) groups excluding carboxylic acids is 2. The van der Waals surface area contributed by atoms with E-state index in [0.29, 0.717) is 11.0 Å². The summed E-state index contributed by atoms with van der Waals surface area (Å²) in [6.07, 6.45) is 1.69. The van der Waals surface area contributed by atoms with Crippen LogP contribution in [0.2, 0.25) is 0 Å². The predicted octanol–water partition coefficient (Wildman–Crippen LogP) is 2.12. The molecule has 2 N–H and O–H groups in total. The number of nitrogens with zero attached hydrogens (tertiary/aromatic N) is 2. The first-order valence-corrected chi connectivity index (χ1v) is 7.90. The Labute approximate surface area is 127 Å². The molecule has 0 aromatic carbocycles. The van der Waals surface area contributed by atoms with Gasteiger partial charge in [0.2, 0.25) is 11.0 Å². The summed E-state index contributed by atoms with van der Waals surface area (Å²) < 4.78 is 4.81. The molecule has 1 fully saturated rings. The summed E-state index contributed by atoms with van der Waals surface area (Å²) in [5, 5.41) is 14.7. The number of ether oxygens (including phenoxy) is 1. The zero-order valence-electron chi connectivity index (χ0n) is 12.4. The molecule has 2 rings (SSSR count). The average Bonchev–Trinajstić information content (AvgIpc) is 3.17. The molecule has 1 aromatic heterocycles. The lowest BCUT2D eigenvalue weighted by Gasteiger charge is -2.20. The van der Waals surface area contributed by atoms with Crippen molar-refractivity contribution in [2.24, 2.45) is 5.92 Å².